The first kappa shape index (κ1) is 13.6. The number of rotatable bonds is 1. The van der Waals surface area contributed by atoms with Gasteiger partial charge < -0.3 is 9.99 Å². The average Bonchev–Trinajstić information content (AvgIpc) is 2.82. The van der Waals surface area contributed by atoms with E-state index in [-0.39, 0.29) is 22.8 Å². The normalized spacial score (nSPS) is 26.8. The van der Waals surface area contributed by atoms with Crippen molar-refractivity contribution in [1.29, 1.82) is 0 Å². The fourth-order valence-corrected chi connectivity index (χ4v) is 4.37. The molecule has 0 saturated heterocycles. The molecule has 2 atom stereocenters. The Hall–Kier alpha value is -2.07. The van der Waals surface area contributed by atoms with E-state index in [1.54, 1.807) is 12.1 Å². The van der Waals surface area contributed by atoms with Crippen molar-refractivity contribution in [2.45, 2.75) is 38.5 Å². The Morgan fingerprint density at radius 3 is 2.86 bits per heavy atom. The molecular weight excluding hydrogens is 280 g/mol. The van der Waals surface area contributed by atoms with Gasteiger partial charge in [0.05, 0.1) is 0 Å². The third-order valence-electron chi connectivity index (χ3n) is 5.68. The van der Waals surface area contributed by atoms with E-state index >= 15 is 0 Å². The van der Waals surface area contributed by atoms with Gasteiger partial charge in [-0.3, -0.25) is 4.79 Å². The van der Waals surface area contributed by atoms with Crippen LogP contribution in [0.5, 0.6) is 11.5 Å². The van der Waals surface area contributed by atoms with Crippen LogP contribution in [0.15, 0.2) is 24.3 Å². The highest BCUT2D eigenvalue weighted by Gasteiger charge is 2.49. The Bertz CT molecular complexity index is 795. The number of ketones is 1. The minimum absolute atomic E-state index is 0.0594. The number of carbonyl (C=O) groups is 1. The molecule has 0 bridgehead atoms. The maximum absolute atomic E-state index is 12.3. The van der Waals surface area contributed by atoms with E-state index < -0.39 is 0 Å². The van der Waals surface area contributed by atoms with Gasteiger partial charge in [0.1, 0.15) is 5.78 Å². The van der Waals surface area contributed by atoms with Crippen molar-refractivity contribution in [3.63, 3.8) is 0 Å². The van der Waals surface area contributed by atoms with Crippen LogP contribution >= 0.6 is 0 Å². The molecule has 2 N–H and O–H groups in total. The quantitative estimate of drug-likeness (QED) is 0.621. The largest absolute Gasteiger partial charge is 0.504 e. The van der Waals surface area contributed by atoms with Crippen LogP contribution in [0.2, 0.25) is 0 Å². The highest BCUT2D eigenvalue weighted by molar-refractivity contribution is 5.93. The van der Waals surface area contributed by atoms with Crippen LogP contribution in [-0.4, -0.2) is 16.1 Å². The molecular formula is C18H18O4. The Morgan fingerprint density at radius 1 is 1.27 bits per heavy atom. The summed E-state index contributed by atoms with van der Waals surface area (Å²) in [4.78, 5) is 16.5. The summed E-state index contributed by atoms with van der Waals surface area (Å²) in [5, 5.41) is 20.7. The Morgan fingerprint density at radius 2 is 2.09 bits per heavy atom. The van der Waals surface area contributed by atoms with Crippen molar-refractivity contribution in [2.24, 2.45) is 5.41 Å². The fourth-order valence-electron chi connectivity index (χ4n) is 4.37. The zero-order valence-corrected chi connectivity index (χ0v) is 12.4. The maximum atomic E-state index is 12.3. The number of phenols is 1. The van der Waals surface area contributed by atoms with E-state index in [0.29, 0.717) is 12.2 Å². The lowest BCUT2D eigenvalue weighted by Gasteiger charge is -2.37. The molecule has 2 aliphatic carbocycles. The lowest BCUT2D eigenvalue weighted by atomic mass is 9.66. The topological polar surface area (TPSA) is 66.8 Å². The molecule has 0 aliphatic heterocycles. The zero-order valence-electron chi connectivity index (χ0n) is 12.4. The molecule has 1 saturated carbocycles. The molecule has 0 amide bonds. The minimum Gasteiger partial charge on any atom is -0.504 e. The predicted molar refractivity (Wildman–Crippen MR) is 82.3 cm³/mol. The molecule has 4 heteroatoms. The SMILES string of the molecule is C[C@]12CCc3c(ccc4cc(OO)c(O)cc34)[C@@H]1CCC2=O. The van der Waals surface area contributed by atoms with Gasteiger partial charge in [-0.05, 0) is 59.2 Å². The van der Waals surface area contributed by atoms with Gasteiger partial charge >= 0.3 is 0 Å². The second kappa shape index (κ2) is 4.46. The summed E-state index contributed by atoms with van der Waals surface area (Å²) >= 11 is 0. The van der Waals surface area contributed by atoms with Gasteiger partial charge in [0.2, 0.25) is 5.75 Å². The average molecular weight is 298 g/mol. The lowest BCUT2D eigenvalue weighted by Crippen LogP contribution is -2.32. The van der Waals surface area contributed by atoms with Crippen LogP contribution < -0.4 is 4.89 Å². The number of carbonyl (C=O) groups excluding carboxylic acids is 1. The van der Waals surface area contributed by atoms with Crippen LogP contribution in [0.1, 0.15) is 43.2 Å². The molecule has 0 heterocycles. The van der Waals surface area contributed by atoms with Gasteiger partial charge in [0.15, 0.2) is 5.75 Å². The number of fused-ring (bicyclic) bond motifs is 5. The number of benzene rings is 2. The van der Waals surface area contributed by atoms with Crippen LogP contribution in [0.25, 0.3) is 10.8 Å². The summed E-state index contributed by atoms with van der Waals surface area (Å²) in [6.07, 6.45) is 3.28. The van der Waals surface area contributed by atoms with Crippen LogP contribution in [-0.2, 0) is 11.2 Å². The van der Waals surface area contributed by atoms with Gasteiger partial charge in [-0.15, -0.1) is 0 Å². The Balaban J connectivity index is 1.94. The second-order valence-corrected chi connectivity index (χ2v) is 6.70. The highest BCUT2D eigenvalue weighted by Crippen LogP contribution is 2.54. The fraction of sp³-hybridized carbons (Fsp3) is 0.389. The monoisotopic (exact) mass is 298 g/mol. The predicted octanol–water partition coefficient (Wildman–Crippen LogP) is 3.80. The molecule has 1 fully saturated rings. The Labute approximate surface area is 128 Å². The molecule has 0 unspecified atom stereocenters. The number of Topliss-reactive ketones (excluding diaryl/α,β-unsaturated/α-hetero) is 1. The Kier molecular flexibility index (Phi) is 2.76. The third kappa shape index (κ3) is 1.64. The number of aromatic hydroxyl groups is 1. The van der Waals surface area contributed by atoms with Crippen LogP contribution in [0, 0.1) is 5.41 Å². The summed E-state index contributed by atoms with van der Waals surface area (Å²) in [5.74, 6) is 0.655. The van der Waals surface area contributed by atoms with Crippen molar-refractivity contribution >= 4 is 16.6 Å². The van der Waals surface area contributed by atoms with E-state index in [4.69, 9.17) is 5.26 Å². The van der Waals surface area contributed by atoms with Gasteiger partial charge in [-0.2, -0.15) is 0 Å². The van der Waals surface area contributed by atoms with Crippen molar-refractivity contribution in [3.8, 4) is 11.5 Å². The van der Waals surface area contributed by atoms with Crippen molar-refractivity contribution < 1.29 is 20.0 Å². The molecule has 2 aromatic rings. The second-order valence-electron chi connectivity index (χ2n) is 6.70. The van der Waals surface area contributed by atoms with Crippen molar-refractivity contribution in [2.75, 3.05) is 0 Å². The zero-order chi connectivity index (χ0) is 15.5. The highest BCUT2D eigenvalue weighted by atomic mass is 17.1. The molecule has 22 heavy (non-hydrogen) atoms. The molecule has 2 aliphatic rings. The number of hydrogen-bond donors (Lipinski definition) is 2. The van der Waals surface area contributed by atoms with Gasteiger partial charge in [0.25, 0.3) is 0 Å². The van der Waals surface area contributed by atoms with Crippen LogP contribution in [0.4, 0.5) is 0 Å². The molecule has 114 valence electrons. The molecule has 0 radical (unpaired) electrons. The first-order chi connectivity index (χ1) is 10.5. The summed E-state index contributed by atoms with van der Waals surface area (Å²) in [7, 11) is 0. The van der Waals surface area contributed by atoms with E-state index in [9.17, 15) is 9.90 Å². The molecule has 2 aromatic carbocycles. The third-order valence-corrected chi connectivity index (χ3v) is 5.68. The minimum atomic E-state index is -0.225. The van der Waals surface area contributed by atoms with E-state index in [1.165, 1.54) is 11.1 Å². The van der Waals surface area contributed by atoms with Crippen molar-refractivity contribution in [1.82, 2.24) is 0 Å². The summed E-state index contributed by atoms with van der Waals surface area (Å²) in [6.45, 7) is 2.10. The number of phenolic OH excluding ortho intramolecular Hbond substituents is 1. The summed E-state index contributed by atoms with van der Waals surface area (Å²) in [5.41, 5.74) is 2.23. The van der Waals surface area contributed by atoms with Gasteiger partial charge in [-0.1, -0.05) is 19.1 Å². The van der Waals surface area contributed by atoms with E-state index in [2.05, 4.69) is 17.9 Å². The number of hydrogen-bond acceptors (Lipinski definition) is 4. The first-order valence-electron chi connectivity index (χ1n) is 7.68. The van der Waals surface area contributed by atoms with E-state index in [0.717, 1.165) is 30.0 Å². The van der Waals surface area contributed by atoms with E-state index in [1.807, 2.05) is 6.07 Å². The standard InChI is InChI=1S/C18H18O4/c1-18-7-6-11-12(14(18)4-5-17(18)20)3-2-10-8-16(22-21)15(19)9-13(10)11/h2-3,8-9,14,19,21H,4-7H2,1H3/t14-,18-/m0/s1. The molecule has 0 spiro atoms. The van der Waals surface area contributed by atoms with Gasteiger partial charge in [-0.25, -0.2) is 5.26 Å². The first-order valence-corrected chi connectivity index (χ1v) is 7.68. The summed E-state index contributed by atoms with van der Waals surface area (Å²) < 4.78 is 0. The lowest BCUT2D eigenvalue weighted by molar-refractivity contribution is -0.138. The van der Waals surface area contributed by atoms with Gasteiger partial charge in [0, 0.05) is 11.8 Å². The summed E-state index contributed by atoms with van der Waals surface area (Å²) in [6, 6.07) is 7.36. The van der Waals surface area contributed by atoms with Crippen molar-refractivity contribution in [3.05, 3.63) is 35.4 Å². The number of aryl methyl sites for hydroxylation is 1. The molecule has 4 nitrogen and oxygen atoms in total. The van der Waals surface area contributed by atoms with Crippen LogP contribution in [0.3, 0.4) is 0 Å². The maximum Gasteiger partial charge on any atom is 0.207 e. The molecule has 4 rings (SSSR count). The smallest absolute Gasteiger partial charge is 0.207 e. The molecule has 0 aromatic heterocycles.